The summed E-state index contributed by atoms with van der Waals surface area (Å²) in [6, 6.07) is 0.216. The molecule has 1 saturated carbocycles. The van der Waals surface area contributed by atoms with Crippen molar-refractivity contribution in [3.63, 3.8) is 0 Å². The lowest BCUT2D eigenvalue weighted by Gasteiger charge is -2.29. The van der Waals surface area contributed by atoms with Crippen molar-refractivity contribution in [2.75, 3.05) is 5.75 Å². The maximum atomic E-state index is 11.6. The Hall–Kier alpha value is -0.710. The summed E-state index contributed by atoms with van der Waals surface area (Å²) < 4.78 is 5.25. The first-order valence-electron chi connectivity index (χ1n) is 6.89. The number of alkyl carbamates (subject to hydrolysis) is 1. The predicted molar refractivity (Wildman–Crippen MR) is 78.3 cm³/mol. The van der Waals surface area contributed by atoms with Gasteiger partial charge in [0.1, 0.15) is 5.60 Å². The molecule has 0 aromatic rings. The number of carbonyl (C=O) groups is 2. The monoisotopic (exact) mass is 287 g/mol. The topological polar surface area (TPSA) is 55.4 Å². The number of nitrogens with one attached hydrogen (secondary N) is 1. The molecule has 110 valence electrons. The molecular formula is C14H25NO3S. The Morgan fingerprint density at radius 2 is 1.79 bits per heavy atom. The van der Waals surface area contributed by atoms with Gasteiger partial charge < -0.3 is 10.1 Å². The fraction of sp³-hybridized carbons (Fsp3) is 0.857. The molecule has 1 aliphatic rings. The van der Waals surface area contributed by atoms with E-state index in [1.165, 1.54) is 11.8 Å². The van der Waals surface area contributed by atoms with Gasteiger partial charge >= 0.3 is 6.09 Å². The van der Waals surface area contributed by atoms with E-state index in [0.717, 1.165) is 31.4 Å². The molecule has 1 N–H and O–H groups in total. The Kier molecular flexibility index (Phi) is 6.17. The van der Waals surface area contributed by atoms with E-state index in [1.807, 2.05) is 20.8 Å². The molecule has 1 aliphatic carbocycles. The number of hydrogen-bond donors (Lipinski definition) is 1. The smallest absolute Gasteiger partial charge is 0.407 e. The van der Waals surface area contributed by atoms with Gasteiger partial charge in [-0.15, -0.1) is 0 Å². The quantitative estimate of drug-likeness (QED) is 0.865. The Balaban J connectivity index is 2.23. The maximum Gasteiger partial charge on any atom is 0.407 e. The lowest BCUT2D eigenvalue weighted by atomic mass is 9.87. The van der Waals surface area contributed by atoms with Crippen LogP contribution in [0.25, 0.3) is 0 Å². The van der Waals surface area contributed by atoms with Crippen LogP contribution in [-0.2, 0) is 9.53 Å². The third-order valence-electron chi connectivity index (χ3n) is 3.09. The van der Waals surface area contributed by atoms with Crippen molar-refractivity contribution >= 4 is 23.0 Å². The normalized spacial score (nSPS) is 23.8. The molecule has 0 aromatic carbocycles. The average Bonchev–Trinajstić information content (AvgIpc) is 2.25. The second-order valence-electron chi connectivity index (χ2n) is 6.17. The van der Waals surface area contributed by atoms with Crippen LogP contribution in [0.1, 0.15) is 53.4 Å². The standard InChI is InChI=1S/C14H25NO3S/c1-10(16)19-9-11-5-7-12(8-6-11)15-13(17)18-14(2,3)4/h11-12H,5-9H2,1-4H3,(H,15,17)/t11-,12-. The van der Waals surface area contributed by atoms with Crippen LogP contribution in [0.15, 0.2) is 0 Å². The van der Waals surface area contributed by atoms with Crippen LogP contribution < -0.4 is 5.32 Å². The van der Waals surface area contributed by atoms with Gasteiger partial charge in [0.15, 0.2) is 5.12 Å². The molecule has 5 heteroatoms. The molecule has 1 fully saturated rings. The minimum atomic E-state index is -0.445. The molecule has 19 heavy (non-hydrogen) atoms. The summed E-state index contributed by atoms with van der Waals surface area (Å²) in [4.78, 5) is 22.6. The van der Waals surface area contributed by atoms with Gasteiger partial charge in [-0.1, -0.05) is 11.8 Å². The molecule has 0 heterocycles. The van der Waals surface area contributed by atoms with Gasteiger partial charge in [-0.3, -0.25) is 4.79 Å². The zero-order valence-corrected chi connectivity index (χ0v) is 13.1. The van der Waals surface area contributed by atoms with E-state index >= 15 is 0 Å². The van der Waals surface area contributed by atoms with Crippen LogP contribution in [0, 0.1) is 5.92 Å². The van der Waals surface area contributed by atoms with Crippen molar-refractivity contribution < 1.29 is 14.3 Å². The third kappa shape index (κ3) is 7.45. The Labute approximate surface area is 120 Å². The summed E-state index contributed by atoms with van der Waals surface area (Å²) in [7, 11) is 0. The highest BCUT2D eigenvalue weighted by atomic mass is 32.2. The van der Waals surface area contributed by atoms with E-state index in [2.05, 4.69) is 5.32 Å². The van der Waals surface area contributed by atoms with Gasteiger partial charge in [-0.2, -0.15) is 0 Å². The summed E-state index contributed by atoms with van der Waals surface area (Å²) in [5.41, 5.74) is -0.445. The summed E-state index contributed by atoms with van der Waals surface area (Å²) in [5.74, 6) is 1.51. The van der Waals surface area contributed by atoms with Crippen LogP contribution >= 0.6 is 11.8 Å². The van der Waals surface area contributed by atoms with E-state index < -0.39 is 5.60 Å². The number of carbonyl (C=O) groups excluding carboxylic acids is 2. The number of rotatable bonds is 3. The SMILES string of the molecule is CC(=O)SC[C@H]1CC[C@H](NC(=O)OC(C)(C)C)CC1. The van der Waals surface area contributed by atoms with Gasteiger partial charge in [0, 0.05) is 18.7 Å². The first-order valence-corrected chi connectivity index (χ1v) is 7.87. The summed E-state index contributed by atoms with van der Waals surface area (Å²) in [6.07, 6.45) is 3.76. The van der Waals surface area contributed by atoms with E-state index in [-0.39, 0.29) is 17.3 Å². The van der Waals surface area contributed by atoms with Gasteiger partial charge in [-0.05, 0) is 52.4 Å². The van der Waals surface area contributed by atoms with Crippen LogP contribution in [0.3, 0.4) is 0 Å². The van der Waals surface area contributed by atoms with E-state index in [4.69, 9.17) is 4.74 Å². The van der Waals surface area contributed by atoms with Gasteiger partial charge in [0.2, 0.25) is 0 Å². The van der Waals surface area contributed by atoms with Crippen molar-refractivity contribution in [2.45, 2.75) is 65.0 Å². The largest absolute Gasteiger partial charge is 0.444 e. The minimum absolute atomic E-state index is 0.189. The fourth-order valence-corrected chi connectivity index (χ4v) is 2.99. The Morgan fingerprint density at radius 3 is 2.26 bits per heavy atom. The molecule has 0 atom stereocenters. The Bertz CT molecular complexity index is 317. The summed E-state index contributed by atoms with van der Waals surface area (Å²) in [5, 5.41) is 3.11. The van der Waals surface area contributed by atoms with Crippen LogP contribution in [0.2, 0.25) is 0 Å². The summed E-state index contributed by atoms with van der Waals surface area (Å²) in [6.45, 7) is 7.20. The number of thioether (sulfide) groups is 1. The molecule has 1 amide bonds. The highest BCUT2D eigenvalue weighted by molar-refractivity contribution is 8.13. The molecular weight excluding hydrogens is 262 g/mol. The predicted octanol–water partition coefficient (Wildman–Crippen LogP) is 3.35. The molecule has 4 nitrogen and oxygen atoms in total. The molecule has 0 saturated heterocycles. The van der Waals surface area contributed by atoms with Crippen molar-refractivity contribution in [3.05, 3.63) is 0 Å². The molecule has 0 aliphatic heterocycles. The van der Waals surface area contributed by atoms with Crippen LogP contribution in [0.5, 0.6) is 0 Å². The maximum absolute atomic E-state index is 11.6. The fourth-order valence-electron chi connectivity index (χ4n) is 2.18. The van der Waals surface area contributed by atoms with Crippen molar-refractivity contribution in [1.29, 1.82) is 0 Å². The summed E-state index contributed by atoms with van der Waals surface area (Å²) >= 11 is 1.41. The van der Waals surface area contributed by atoms with E-state index in [1.54, 1.807) is 6.92 Å². The zero-order chi connectivity index (χ0) is 14.5. The third-order valence-corrected chi connectivity index (χ3v) is 4.13. The number of ether oxygens (including phenoxy) is 1. The second-order valence-corrected chi connectivity index (χ2v) is 7.36. The van der Waals surface area contributed by atoms with Crippen LogP contribution in [0.4, 0.5) is 4.79 Å². The van der Waals surface area contributed by atoms with Crippen molar-refractivity contribution in [2.24, 2.45) is 5.92 Å². The number of amides is 1. The first-order chi connectivity index (χ1) is 8.76. The van der Waals surface area contributed by atoms with Crippen molar-refractivity contribution in [1.82, 2.24) is 5.32 Å². The number of hydrogen-bond acceptors (Lipinski definition) is 4. The van der Waals surface area contributed by atoms with Gasteiger partial charge in [0.25, 0.3) is 0 Å². The zero-order valence-electron chi connectivity index (χ0n) is 12.3. The molecule has 0 bridgehead atoms. The highest BCUT2D eigenvalue weighted by Crippen LogP contribution is 2.27. The molecule has 0 aromatic heterocycles. The molecule has 0 radical (unpaired) electrons. The van der Waals surface area contributed by atoms with E-state index in [9.17, 15) is 9.59 Å². The lowest BCUT2D eigenvalue weighted by Crippen LogP contribution is -2.41. The van der Waals surface area contributed by atoms with E-state index in [0.29, 0.717) is 5.92 Å². The molecule has 0 spiro atoms. The molecule has 1 rings (SSSR count). The van der Waals surface area contributed by atoms with Crippen molar-refractivity contribution in [3.8, 4) is 0 Å². The van der Waals surface area contributed by atoms with Gasteiger partial charge in [-0.25, -0.2) is 4.79 Å². The average molecular weight is 287 g/mol. The lowest BCUT2D eigenvalue weighted by molar-refractivity contribution is -0.109. The first kappa shape index (κ1) is 16.3. The van der Waals surface area contributed by atoms with Crippen LogP contribution in [-0.4, -0.2) is 28.6 Å². The second kappa shape index (κ2) is 7.17. The minimum Gasteiger partial charge on any atom is -0.444 e. The highest BCUT2D eigenvalue weighted by Gasteiger charge is 2.24. The van der Waals surface area contributed by atoms with Gasteiger partial charge in [0.05, 0.1) is 0 Å². The Morgan fingerprint density at radius 1 is 1.21 bits per heavy atom. The molecule has 0 unspecified atom stereocenters.